The van der Waals surface area contributed by atoms with Crippen molar-refractivity contribution < 1.29 is 31.1 Å². The smallest absolute Gasteiger partial charge is 0.339 e. The minimum absolute atomic E-state index is 0.0838. The summed E-state index contributed by atoms with van der Waals surface area (Å²) < 4.78 is 79.4. The summed E-state index contributed by atoms with van der Waals surface area (Å²) in [7, 11) is 0. The van der Waals surface area contributed by atoms with Gasteiger partial charge in [0.25, 0.3) is 0 Å². The van der Waals surface area contributed by atoms with Gasteiger partial charge in [0.1, 0.15) is 5.54 Å². The summed E-state index contributed by atoms with van der Waals surface area (Å²) in [5, 5.41) is 3.19. The van der Waals surface area contributed by atoms with Crippen LogP contribution in [-0.4, -0.2) is 36.1 Å². The molecule has 2 aromatic rings. The highest BCUT2D eigenvalue weighted by molar-refractivity contribution is 5.93. The zero-order valence-corrected chi connectivity index (χ0v) is 16.9. The number of alkyl halides is 6. The van der Waals surface area contributed by atoms with Gasteiger partial charge in [0.2, 0.25) is 5.91 Å². The van der Waals surface area contributed by atoms with Gasteiger partial charge < -0.3 is 15.1 Å². The maximum absolute atomic E-state index is 13.4. The first-order chi connectivity index (χ1) is 15.0. The lowest BCUT2D eigenvalue weighted by atomic mass is 9.86. The van der Waals surface area contributed by atoms with Gasteiger partial charge in [-0.2, -0.15) is 26.3 Å². The largest absolute Gasteiger partial charge is 0.416 e. The summed E-state index contributed by atoms with van der Waals surface area (Å²) in [4.78, 5) is 16.7. The molecule has 10 heteroatoms. The molecular formula is C22H21F6N3O. The molecule has 0 aliphatic carbocycles. The minimum atomic E-state index is -4.93. The van der Waals surface area contributed by atoms with Crippen molar-refractivity contribution in [3.8, 4) is 0 Å². The summed E-state index contributed by atoms with van der Waals surface area (Å²) in [6.07, 6.45) is -8.88. The molecule has 4 nitrogen and oxygen atoms in total. The Kier molecular flexibility index (Phi) is 5.60. The van der Waals surface area contributed by atoms with Gasteiger partial charge in [-0.25, -0.2) is 0 Å². The maximum Gasteiger partial charge on any atom is 0.416 e. The van der Waals surface area contributed by atoms with Crippen molar-refractivity contribution in [2.45, 2.75) is 37.3 Å². The number of nitrogens with one attached hydrogen (secondary N) is 1. The number of benzene rings is 2. The molecule has 0 unspecified atom stereocenters. The lowest BCUT2D eigenvalue weighted by molar-refractivity contribution is -0.143. The van der Waals surface area contributed by atoms with E-state index in [-0.39, 0.29) is 30.8 Å². The summed E-state index contributed by atoms with van der Waals surface area (Å²) in [5.74, 6) is -0.283. The van der Waals surface area contributed by atoms with Gasteiger partial charge in [0.05, 0.1) is 17.8 Å². The highest BCUT2D eigenvalue weighted by Crippen LogP contribution is 2.40. The van der Waals surface area contributed by atoms with Gasteiger partial charge >= 0.3 is 12.4 Å². The number of hydrogen-bond acceptors (Lipinski definition) is 3. The Morgan fingerprint density at radius 3 is 1.97 bits per heavy atom. The van der Waals surface area contributed by atoms with Gasteiger partial charge in [-0.15, -0.1) is 0 Å². The van der Waals surface area contributed by atoms with E-state index in [1.54, 1.807) is 0 Å². The van der Waals surface area contributed by atoms with Crippen molar-refractivity contribution in [3.63, 3.8) is 0 Å². The van der Waals surface area contributed by atoms with Gasteiger partial charge in [-0.3, -0.25) is 4.79 Å². The molecule has 2 aliphatic rings. The second-order valence-corrected chi connectivity index (χ2v) is 8.10. The Labute approximate surface area is 180 Å². The Morgan fingerprint density at radius 2 is 1.44 bits per heavy atom. The van der Waals surface area contributed by atoms with E-state index in [2.05, 4.69) is 5.32 Å². The third-order valence-corrected chi connectivity index (χ3v) is 6.03. The third kappa shape index (κ3) is 4.15. The Morgan fingerprint density at radius 1 is 0.875 bits per heavy atom. The predicted molar refractivity (Wildman–Crippen MR) is 106 cm³/mol. The van der Waals surface area contributed by atoms with Crippen LogP contribution in [0.5, 0.6) is 0 Å². The highest BCUT2D eigenvalue weighted by atomic mass is 19.4. The zero-order chi connectivity index (χ0) is 23.1. The van der Waals surface area contributed by atoms with Crippen LogP contribution >= 0.6 is 0 Å². The number of hydrogen-bond donors (Lipinski definition) is 1. The molecule has 2 aliphatic heterocycles. The lowest BCUT2D eigenvalue weighted by Crippen LogP contribution is -2.55. The van der Waals surface area contributed by atoms with Gasteiger partial charge in [0.15, 0.2) is 0 Å². The van der Waals surface area contributed by atoms with Crippen molar-refractivity contribution in [1.82, 2.24) is 10.2 Å². The van der Waals surface area contributed by atoms with Gasteiger partial charge in [-0.1, -0.05) is 18.2 Å². The van der Waals surface area contributed by atoms with Crippen molar-refractivity contribution in [2.75, 3.05) is 24.7 Å². The summed E-state index contributed by atoms with van der Waals surface area (Å²) >= 11 is 0. The summed E-state index contributed by atoms with van der Waals surface area (Å²) in [5.41, 5.74) is -3.07. The number of anilines is 1. The van der Waals surface area contributed by atoms with E-state index in [1.807, 2.05) is 35.2 Å². The maximum atomic E-state index is 13.4. The van der Waals surface area contributed by atoms with Crippen LogP contribution in [0.3, 0.4) is 0 Å². The molecule has 1 amide bonds. The number of nitrogens with zero attached hydrogens (tertiary/aromatic N) is 2. The zero-order valence-electron chi connectivity index (χ0n) is 16.9. The van der Waals surface area contributed by atoms with Crippen LogP contribution < -0.4 is 10.2 Å². The van der Waals surface area contributed by atoms with E-state index in [1.165, 1.54) is 4.90 Å². The van der Waals surface area contributed by atoms with Crippen molar-refractivity contribution in [1.29, 1.82) is 0 Å². The molecule has 32 heavy (non-hydrogen) atoms. The molecule has 1 spiro atoms. The molecule has 0 radical (unpaired) electrons. The number of halogens is 6. The molecule has 0 atom stereocenters. The number of carbonyl (C=O) groups excluding carboxylic acids is 1. The third-order valence-electron chi connectivity index (χ3n) is 6.03. The summed E-state index contributed by atoms with van der Waals surface area (Å²) in [6.45, 7) is 0.917. The molecule has 1 N–H and O–H groups in total. The van der Waals surface area contributed by atoms with E-state index in [9.17, 15) is 31.1 Å². The molecule has 4 rings (SSSR count). The van der Waals surface area contributed by atoms with E-state index < -0.39 is 29.0 Å². The molecule has 0 bridgehead atoms. The first kappa shape index (κ1) is 22.4. The standard InChI is InChI=1S/C22H21F6N3O/c23-21(24,25)16-10-15(11-17(12-16)22(26,27)28)13-30-14-31(18-4-2-1-3-5-18)20(19(30)32)6-8-29-9-7-20/h1-5,10-12,29H,6-9,13-14H2. The minimum Gasteiger partial charge on any atom is -0.339 e. The van der Waals surface area contributed by atoms with Crippen LogP contribution in [0.1, 0.15) is 29.5 Å². The normalized spacial score (nSPS) is 19.1. The van der Waals surface area contributed by atoms with Gasteiger partial charge in [-0.05, 0) is 61.8 Å². The number of para-hydroxylation sites is 1. The van der Waals surface area contributed by atoms with Crippen LogP contribution in [0.4, 0.5) is 32.0 Å². The monoisotopic (exact) mass is 457 g/mol. The molecular weight excluding hydrogens is 436 g/mol. The van der Waals surface area contributed by atoms with E-state index in [0.717, 1.165) is 5.69 Å². The Hall–Kier alpha value is -2.75. The van der Waals surface area contributed by atoms with Crippen molar-refractivity contribution in [3.05, 3.63) is 65.2 Å². The lowest BCUT2D eigenvalue weighted by Gasteiger charge is -2.40. The van der Waals surface area contributed by atoms with E-state index in [4.69, 9.17) is 0 Å². The fourth-order valence-corrected chi connectivity index (χ4v) is 4.49. The number of piperidine rings is 1. The second kappa shape index (κ2) is 7.99. The molecule has 2 aromatic carbocycles. The molecule has 2 saturated heterocycles. The molecule has 2 fully saturated rings. The summed E-state index contributed by atoms with van der Waals surface area (Å²) in [6, 6.07) is 10.6. The van der Waals surface area contributed by atoms with E-state index in [0.29, 0.717) is 38.1 Å². The van der Waals surface area contributed by atoms with Gasteiger partial charge in [0, 0.05) is 12.2 Å². The number of rotatable bonds is 3. The quantitative estimate of drug-likeness (QED) is 0.682. The van der Waals surface area contributed by atoms with Crippen molar-refractivity contribution >= 4 is 11.6 Å². The predicted octanol–water partition coefficient (Wildman–Crippen LogP) is 4.65. The molecule has 2 heterocycles. The highest BCUT2D eigenvalue weighted by Gasteiger charge is 2.52. The first-order valence-corrected chi connectivity index (χ1v) is 10.1. The number of carbonyl (C=O) groups is 1. The Balaban J connectivity index is 1.70. The van der Waals surface area contributed by atoms with Crippen LogP contribution in [-0.2, 0) is 23.7 Å². The SMILES string of the molecule is O=C1N(Cc2cc(C(F)(F)F)cc(C(F)(F)F)c2)CN(c2ccccc2)C12CCNCC2. The van der Waals surface area contributed by atoms with Crippen LogP contribution in [0.15, 0.2) is 48.5 Å². The van der Waals surface area contributed by atoms with Crippen LogP contribution in [0.2, 0.25) is 0 Å². The first-order valence-electron chi connectivity index (χ1n) is 10.1. The second-order valence-electron chi connectivity index (χ2n) is 8.10. The average Bonchev–Trinajstić information content (AvgIpc) is 2.99. The van der Waals surface area contributed by atoms with Crippen molar-refractivity contribution in [2.24, 2.45) is 0 Å². The average molecular weight is 457 g/mol. The Bertz CT molecular complexity index is 951. The number of amides is 1. The molecule has 0 aromatic heterocycles. The van der Waals surface area contributed by atoms with Crippen LogP contribution in [0, 0.1) is 0 Å². The van der Waals surface area contributed by atoms with Crippen LogP contribution in [0.25, 0.3) is 0 Å². The molecule has 172 valence electrons. The fourth-order valence-electron chi connectivity index (χ4n) is 4.49. The molecule has 0 saturated carbocycles. The topological polar surface area (TPSA) is 35.6 Å². The fraction of sp³-hybridized carbons (Fsp3) is 0.409. The van der Waals surface area contributed by atoms with E-state index >= 15 is 0 Å².